The van der Waals surface area contributed by atoms with Gasteiger partial charge >= 0.3 is 0 Å². The van der Waals surface area contributed by atoms with Crippen molar-refractivity contribution in [2.45, 2.75) is 44.9 Å². The Morgan fingerprint density at radius 1 is 1.36 bits per heavy atom. The molecule has 5 heteroatoms. The fourth-order valence-corrected chi connectivity index (χ4v) is 4.07. The number of rotatable bonds is 5. The molecule has 3 rings (SSSR count). The summed E-state index contributed by atoms with van der Waals surface area (Å²) in [4.78, 5) is 16.8. The lowest BCUT2D eigenvalue weighted by Crippen LogP contribution is -2.48. The van der Waals surface area contributed by atoms with Gasteiger partial charge in [-0.3, -0.25) is 9.69 Å². The van der Waals surface area contributed by atoms with E-state index in [-0.39, 0.29) is 24.0 Å². The van der Waals surface area contributed by atoms with Gasteiger partial charge in [-0.15, -0.1) is 0 Å². The lowest BCUT2D eigenvalue weighted by molar-refractivity contribution is -0.133. The fourth-order valence-electron chi connectivity index (χ4n) is 4.07. The van der Waals surface area contributed by atoms with Crippen LogP contribution in [0, 0.1) is 12.8 Å². The molecule has 0 bridgehead atoms. The molecule has 2 aliphatic heterocycles. The van der Waals surface area contributed by atoms with Gasteiger partial charge in [0, 0.05) is 32.2 Å². The number of hydrogen-bond donors (Lipinski definition) is 1. The monoisotopic (exact) mass is 346 g/mol. The Kier molecular flexibility index (Phi) is 6.10. The number of benzene rings is 1. The number of likely N-dealkylation sites (tertiary alicyclic amines) is 1. The van der Waals surface area contributed by atoms with Gasteiger partial charge in [-0.05, 0) is 43.9 Å². The summed E-state index contributed by atoms with van der Waals surface area (Å²) < 4.78 is 5.58. The van der Waals surface area contributed by atoms with Crippen molar-refractivity contribution in [1.82, 2.24) is 9.80 Å². The molecule has 0 spiro atoms. The molecule has 1 N–H and O–H groups in total. The molecule has 0 saturated carbocycles. The van der Waals surface area contributed by atoms with Gasteiger partial charge < -0.3 is 14.7 Å². The molecule has 5 nitrogen and oxygen atoms in total. The lowest BCUT2D eigenvalue weighted by atomic mass is 9.89. The molecule has 138 valence electrons. The Hall–Kier alpha value is -1.43. The minimum atomic E-state index is -0.306. The van der Waals surface area contributed by atoms with E-state index in [0.29, 0.717) is 32.7 Å². The molecule has 0 aromatic heterocycles. The Labute approximate surface area is 150 Å². The molecule has 2 fully saturated rings. The summed E-state index contributed by atoms with van der Waals surface area (Å²) in [5.74, 6) is 0.270. The minimum absolute atomic E-state index is 0.130. The third-order valence-electron chi connectivity index (χ3n) is 5.70. The Morgan fingerprint density at radius 3 is 2.92 bits per heavy atom. The number of aliphatic hydroxyl groups excluding tert-OH is 1. The second-order valence-electron chi connectivity index (χ2n) is 7.45. The highest BCUT2D eigenvalue weighted by Gasteiger charge is 2.38. The summed E-state index contributed by atoms with van der Waals surface area (Å²) in [7, 11) is 1.87. The maximum Gasteiger partial charge on any atom is 0.236 e. The van der Waals surface area contributed by atoms with Crippen LogP contribution in [-0.4, -0.2) is 66.3 Å². The van der Waals surface area contributed by atoms with E-state index in [9.17, 15) is 9.90 Å². The Morgan fingerprint density at radius 2 is 2.16 bits per heavy atom. The van der Waals surface area contributed by atoms with Gasteiger partial charge in [-0.1, -0.05) is 24.3 Å². The van der Waals surface area contributed by atoms with Gasteiger partial charge in [-0.2, -0.15) is 0 Å². The van der Waals surface area contributed by atoms with Crippen molar-refractivity contribution in [2.75, 3.05) is 33.4 Å². The number of nitrogens with zero attached hydrogens (tertiary/aromatic N) is 2. The van der Waals surface area contributed by atoms with Gasteiger partial charge in [-0.25, -0.2) is 0 Å². The van der Waals surface area contributed by atoms with E-state index in [4.69, 9.17) is 4.74 Å². The maximum absolute atomic E-state index is 12.7. The van der Waals surface area contributed by atoms with Crippen LogP contribution in [0.3, 0.4) is 0 Å². The zero-order valence-corrected chi connectivity index (χ0v) is 15.4. The second-order valence-corrected chi connectivity index (χ2v) is 7.45. The van der Waals surface area contributed by atoms with E-state index in [0.717, 1.165) is 19.4 Å². The van der Waals surface area contributed by atoms with Crippen LogP contribution in [0.5, 0.6) is 0 Å². The molecule has 1 aromatic rings. The SMILES string of the molecule is Cc1ccccc1CN(C)C(=O)CN1CCC[C@@H]1[C@H]1COCC[C@@H]1O. The van der Waals surface area contributed by atoms with Crippen LogP contribution in [0.15, 0.2) is 24.3 Å². The van der Waals surface area contributed by atoms with Crippen LogP contribution < -0.4 is 0 Å². The third-order valence-corrected chi connectivity index (χ3v) is 5.70. The summed E-state index contributed by atoms with van der Waals surface area (Å²) in [6, 6.07) is 8.45. The first-order chi connectivity index (χ1) is 12.1. The van der Waals surface area contributed by atoms with Crippen molar-refractivity contribution in [3.63, 3.8) is 0 Å². The highest BCUT2D eigenvalue weighted by Crippen LogP contribution is 2.29. The van der Waals surface area contributed by atoms with Gasteiger partial charge in [0.1, 0.15) is 0 Å². The number of hydrogen-bond acceptors (Lipinski definition) is 4. The summed E-state index contributed by atoms with van der Waals surface area (Å²) in [6.45, 7) is 5.32. The van der Waals surface area contributed by atoms with Crippen LogP contribution in [0.4, 0.5) is 0 Å². The van der Waals surface area contributed by atoms with Crippen LogP contribution in [-0.2, 0) is 16.1 Å². The highest BCUT2D eigenvalue weighted by atomic mass is 16.5. The zero-order valence-electron chi connectivity index (χ0n) is 15.4. The molecule has 0 unspecified atom stereocenters. The molecule has 0 radical (unpaired) electrons. The fraction of sp³-hybridized carbons (Fsp3) is 0.650. The minimum Gasteiger partial charge on any atom is -0.393 e. The number of ether oxygens (including phenoxy) is 1. The number of carbonyl (C=O) groups is 1. The van der Waals surface area contributed by atoms with E-state index >= 15 is 0 Å². The van der Waals surface area contributed by atoms with Crippen LogP contribution >= 0.6 is 0 Å². The van der Waals surface area contributed by atoms with Crippen molar-refractivity contribution < 1.29 is 14.6 Å². The largest absolute Gasteiger partial charge is 0.393 e. The smallest absolute Gasteiger partial charge is 0.236 e. The zero-order chi connectivity index (χ0) is 17.8. The molecule has 1 amide bonds. The number of aliphatic hydroxyl groups is 1. The lowest BCUT2D eigenvalue weighted by Gasteiger charge is -2.37. The van der Waals surface area contributed by atoms with E-state index in [2.05, 4.69) is 24.0 Å². The average Bonchev–Trinajstić information content (AvgIpc) is 3.05. The number of likely N-dealkylation sites (N-methyl/N-ethyl adjacent to an activating group) is 1. The number of aryl methyl sites for hydroxylation is 1. The molecule has 25 heavy (non-hydrogen) atoms. The molecule has 2 aliphatic rings. The Balaban J connectivity index is 1.58. The normalized spacial score (nSPS) is 27.4. The van der Waals surface area contributed by atoms with Crippen molar-refractivity contribution in [3.8, 4) is 0 Å². The quantitative estimate of drug-likeness (QED) is 0.884. The maximum atomic E-state index is 12.7. The second kappa shape index (κ2) is 8.30. The summed E-state index contributed by atoms with van der Waals surface area (Å²) >= 11 is 0. The molecule has 1 aromatic carbocycles. The predicted octanol–water partition coefficient (Wildman–Crippen LogP) is 1.82. The van der Waals surface area contributed by atoms with Gasteiger partial charge in [0.15, 0.2) is 0 Å². The molecule has 2 saturated heterocycles. The number of amides is 1. The molecular weight excluding hydrogens is 316 g/mol. The van der Waals surface area contributed by atoms with E-state index in [1.165, 1.54) is 11.1 Å². The topological polar surface area (TPSA) is 53.0 Å². The van der Waals surface area contributed by atoms with Crippen LogP contribution in [0.25, 0.3) is 0 Å². The predicted molar refractivity (Wildman–Crippen MR) is 97.2 cm³/mol. The third kappa shape index (κ3) is 4.40. The summed E-state index contributed by atoms with van der Waals surface area (Å²) in [5, 5.41) is 10.3. The number of carbonyl (C=O) groups excluding carboxylic acids is 1. The molecular formula is C20H30N2O3. The molecule has 2 heterocycles. The van der Waals surface area contributed by atoms with Crippen molar-refractivity contribution in [1.29, 1.82) is 0 Å². The van der Waals surface area contributed by atoms with Crippen LogP contribution in [0.2, 0.25) is 0 Å². The van der Waals surface area contributed by atoms with Gasteiger partial charge in [0.05, 0.1) is 19.3 Å². The highest BCUT2D eigenvalue weighted by molar-refractivity contribution is 5.78. The van der Waals surface area contributed by atoms with E-state index in [1.54, 1.807) is 0 Å². The Bertz CT molecular complexity index is 592. The average molecular weight is 346 g/mol. The van der Waals surface area contributed by atoms with Crippen molar-refractivity contribution in [2.24, 2.45) is 5.92 Å². The first kappa shape index (κ1) is 18.4. The first-order valence-corrected chi connectivity index (χ1v) is 9.34. The van der Waals surface area contributed by atoms with Crippen molar-refractivity contribution in [3.05, 3.63) is 35.4 Å². The summed E-state index contributed by atoms with van der Waals surface area (Å²) in [6.07, 6.45) is 2.53. The molecule has 3 atom stereocenters. The van der Waals surface area contributed by atoms with Crippen molar-refractivity contribution >= 4 is 5.91 Å². The van der Waals surface area contributed by atoms with E-state index < -0.39 is 0 Å². The first-order valence-electron chi connectivity index (χ1n) is 9.34. The molecule has 0 aliphatic carbocycles. The van der Waals surface area contributed by atoms with E-state index in [1.807, 2.05) is 24.1 Å². The summed E-state index contributed by atoms with van der Waals surface area (Å²) in [5.41, 5.74) is 2.40. The van der Waals surface area contributed by atoms with Gasteiger partial charge in [0.2, 0.25) is 5.91 Å². The van der Waals surface area contributed by atoms with Crippen LogP contribution in [0.1, 0.15) is 30.4 Å². The van der Waals surface area contributed by atoms with Gasteiger partial charge in [0.25, 0.3) is 0 Å². The standard InChI is InChI=1S/C20H30N2O3/c1-15-6-3-4-7-16(15)12-21(2)20(24)13-22-10-5-8-18(22)17-14-25-11-9-19(17)23/h3-4,6-7,17-19,23H,5,8-14H2,1-2H3/t17-,18-,19+/m1/s1.